The summed E-state index contributed by atoms with van der Waals surface area (Å²) in [5.41, 5.74) is 3.27. The minimum atomic E-state index is -0.0193. The third-order valence-electron chi connectivity index (χ3n) is 5.33. The van der Waals surface area contributed by atoms with E-state index in [1.165, 1.54) is 5.56 Å². The molecule has 0 unspecified atom stereocenters. The highest BCUT2D eigenvalue weighted by Crippen LogP contribution is 2.17. The number of carbonyl (C=O) groups excluding carboxylic acids is 2. The normalized spacial score (nSPS) is 14.5. The van der Waals surface area contributed by atoms with Gasteiger partial charge in [0.05, 0.1) is 6.42 Å². The summed E-state index contributed by atoms with van der Waals surface area (Å²) in [5, 5.41) is 3.73. The van der Waals surface area contributed by atoms with Gasteiger partial charge in [0.1, 0.15) is 5.75 Å². The molecule has 0 saturated carbocycles. The number of halogens is 1. The molecule has 154 valence electrons. The molecule has 0 atom stereocenters. The molecule has 0 spiro atoms. The summed E-state index contributed by atoms with van der Waals surface area (Å²) >= 11 is 5.87. The second-order valence-corrected chi connectivity index (χ2v) is 8.00. The van der Waals surface area contributed by atoms with Gasteiger partial charge in [-0.1, -0.05) is 29.8 Å². The smallest absolute Gasteiger partial charge is 0.260 e. The molecule has 1 N–H and O–H groups in total. The minimum absolute atomic E-state index is 0.00447. The lowest BCUT2D eigenvalue weighted by molar-refractivity contribution is -0.134. The molecule has 0 aromatic heterocycles. The van der Waals surface area contributed by atoms with Gasteiger partial charge in [0.2, 0.25) is 5.91 Å². The van der Waals surface area contributed by atoms with Crippen LogP contribution >= 0.6 is 11.6 Å². The number of carbonyl (C=O) groups is 2. The number of rotatable bonds is 6. The van der Waals surface area contributed by atoms with Crippen molar-refractivity contribution < 1.29 is 14.3 Å². The van der Waals surface area contributed by atoms with E-state index in [2.05, 4.69) is 5.32 Å². The van der Waals surface area contributed by atoms with E-state index in [1.807, 2.05) is 49.1 Å². The van der Waals surface area contributed by atoms with Crippen molar-refractivity contribution in [2.45, 2.75) is 39.2 Å². The van der Waals surface area contributed by atoms with Gasteiger partial charge in [-0.2, -0.15) is 0 Å². The summed E-state index contributed by atoms with van der Waals surface area (Å²) in [7, 11) is 0. The Hall–Kier alpha value is -2.53. The number of ether oxygens (including phenoxy) is 1. The van der Waals surface area contributed by atoms with Gasteiger partial charge in [-0.05, 0) is 67.6 Å². The van der Waals surface area contributed by atoms with E-state index in [9.17, 15) is 9.59 Å². The van der Waals surface area contributed by atoms with Crippen LogP contribution in [0.3, 0.4) is 0 Å². The molecular formula is C23H27ClN2O3. The number of amides is 2. The predicted octanol–water partition coefficient (Wildman–Crippen LogP) is 3.69. The van der Waals surface area contributed by atoms with Crippen LogP contribution in [0.25, 0.3) is 0 Å². The van der Waals surface area contributed by atoms with E-state index in [0.717, 1.165) is 24.0 Å². The minimum Gasteiger partial charge on any atom is -0.484 e. The fourth-order valence-corrected chi connectivity index (χ4v) is 3.51. The molecule has 5 nitrogen and oxygen atoms in total. The second kappa shape index (κ2) is 9.79. The zero-order chi connectivity index (χ0) is 20.8. The summed E-state index contributed by atoms with van der Waals surface area (Å²) in [4.78, 5) is 26.5. The van der Waals surface area contributed by atoms with Crippen LogP contribution in [0.2, 0.25) is 5.02 Å². The van der Waals surface area contributed by atoms with Crippen LogP contribution in [0.4, 0.5) is 0 Å². The van der Waals surface area contributed by atoms with E-state index in [-0.39, 0.29) is 24.5 Å². The van der Waals surface area contributed by atoms with Crippen LogP contribution in [-0.4, -0.2) is 42.5 Å². The Morgan fingerprint density at radius 2 is 1.76 bits per heavy atom. The Kier molecular flexibility index (Phi) is 7.15. The SMILES string of the molecule is Cc1ccc(OCC(=O)N2CCC(NC(=O)Cc3ccc(Cl)cc3)CC2)cc1C. The Morgan fingerprint density at radius 1 is 1.07 bits per heavy atom. The average Bonchev–Trinajstić information content (AvgIpc) is 2.71. The lowest BCUT2D eigenvalue weighted by atomic mass is 10.0. The molecule has 1 aliphatic heterocycles. The summed E-state index contributed by atoms with van der Waals surface area (Å²) in [6.45, 7) is 5.36. The standard InChI is InChI=1S/C23H27ClN2O3/c1-16-3-8-21(13-17(16)2)29-15-23(28)26-11-9-20(10-12-26)25-22(27)14-18-4-6-19(24)7-5-18/h3-8,13,20H,9-12,14-15H2,1-2H3,(H,25,27). The molecule has 2 amide bonds. The number of benzene rings is 2. The fraction of sp³-hybridized carbons (Fsp3) is 0.391. The number of piperidine rings is 1. The molecule has 2 aromatic carbocycles. The molecule has 1 saturated heterocycles. The Morgan fingerprint density at radius 3 is 2.41 bits per heavy atom. The highest BCUT2D eigenvalue weighted by atomic mass is 35.5. The molecule has 6 heteroatoms. The maximum atomic E-state index is 12.4. The molecule has 1 heterocycles. The van der Waals surface area contributed by atoms with Crippen molar-refractivity contribution in [1.29, 1.82) is 0 Å². The van der Waals surface area contributed by atoms with E-state index in [0.29, 0.717) is 30.3 Å². The maximum Gasteiger partial charge on any atom is 0.260 e. The summed E-state index contributed by atoms with van der Waals surface area (Å²) < 4.78 is 5.65. The Balaban J connectivity index is 1.40. The van der Waals surface area contributed by atoms with Crippen molar-refractivity contribution in [2.75, 3.05) is 19.7 Å². The van der Waals surface area contributed by atoms with E-state index in [1.54, 1.807) is 12.1 Å². The molecule has 2 aromatic rings. The van der Waals surface area contributed by atoms with Crippen molar-refractivity contribution in [3.63, 3.8) is 0 Å². The molecule has 0 bridgehead atoms. The van der Waals surface area contributed by atoms with Crippen LogP contribution in [0.5, 0.6) is 5.75 Å². The second-order valence-electron chi connectivity index (χ2n) is 7.56. The number of nitrogens with zero attached hydrogens (tertiary/aromatic N) is 1. The number of likely N-dealkylation sites (tertiary alicyclic amines) is 1. The lowest BCUT2D eigenvalue weighted by Gasteiger charge is -2.32. The molecule has 3 rings (SSSR count). The van der Waals surface area contributed by atoms with Gasteiger partial charge in [-0.3, -0.25) is 9.59 Å². The van der Waals surface area contributed by atoms with Gasteiger partial charge in [0.25, 0.3) is 5.91 Å². The molecule has 0 radical (unpaired) electrons. The topological polar surface area (TPSA) is 58.6 Å². The third-order valence-corrected chi connectivity index (χ3v) is 5.58. The number of hydrogen-bond acceptors (Lipinski definition) is 3. The molecule has 1 fully saturated rings. The molecule has 1 aliphatic rings. The maximum absolute atomic E-state index is 12.4. The molecule has 29 heavy (non-hydrogen) atoms. The Labute approximate surface area is 177 Å². The quantitative estimate of drug-likeness (QED) is 0.784. The number of nitrogens with one attached hydrogen (secondary N) is 1. The zero-order valence-corrected chi connectivity index (χ0v) is 17.7. The number of aryl methyl sites for hydroxylation is 2. The summed E-state index contributed by atoms with van der Waals surface area (Å²) in [6, 6.07) is 13.2. The highest BCUT2D eigenvalue weighted by molar-refractivity contribution is 6.30. The average molecular weight is 415 g/mol. The van der Waals surface area contributed by atoms with Gasteiger partial charge >= 0.3 is 0 Å². The van der Waals surface area contributed by atoms with Crippen LogP contribution < -0.4 is 10.1 Å². The van der Waals surface area contributed by atoms with Gasteiger partial charge in [0.15, 0.2) is 6.61 Å². The van der Waals surface area contributed by atoms with Crippen molar-refractivity contribution >= 4 is 23.4 Å². The first-order chi connectivity index (χ1) is 13.9. The van der Waals surface area contributed by atoms with Crippen LogP contribution in [-0.2, 0) is 16.0 Å². The van der Waals surface area contributed by atoms with Crippen LogP contribution in [0, 0.1) is 13.8 Å². The lowest BCUT2D eigenvalue weighted by Crippen LogP contribution is -2.48. The van der Waals surface area contributed by atoms with Crippen molar-refractivity contribution in [3.05, 3.63) is 64.2 Å². The van der Waals surface area contributed by atoms with Gasteiger partial charge < -0.3 is 15.0 Å². The van der Waals surface area contributed by atoms with E-state index >= 15 is 0 Å². The summed E-state index contributed by atoms with van der Waals surface area (Å²) in [6.07, 6.45) is 1.84. The first kappa shape index (κ1) is 21.2. The predicted molar refractivity (Wildman–Crippen MR) is 114 cm³/mol. The van der Waals surface area contributed by atoms with Crippen molar-refractivity contribution in [1.82, 2.24) is 10.2 Å². The van der Waals surface area contributed by atoms with Gasteiger partial charge in [0, 0.05) is 24.2 Å². The van der Waals surface area contributed by atoms with Crippen LogP contribution in [0.1, 0.15) is 29.5 Å². The number of hydrogen-bond donors (Lipinski definition) is 1. The third kappa shape index (κ3) is 6.23. The van der Waals surface area contributed by atoms with E-state index in [4.69, 9.17) is 16.3 Å². The Bertz CT molecular complexity index is 859. The largest absolute Gasteiger partial charge is 0.484 e. The van der Waals surface area contributed by atoms with E-state index < -0.39 is 0 Å². The highest BCUT2D eigenvalue weighted by Gasteiger charge is 2.24. The monoisotopic (exact) mass is 414 g/mol. The first-order valence-corrected chi connectivity index (χ1v) is 10.3. The fourth-order valence-electron chi connectivity index (χ4n) is 3.38. The molecular weight excluding hydrogens is 388 g/mol. The summed E-state index contributed by atoms with van der Waals surface area (Å²) in [5.74, 6) is 0.690. The first-order valence-electron chi connectivity index (χ1n) is 9.92. The van der Waals surface area contributed by atoms with Gasteiger partial charge in [-0.15, -0.1) is 0 Å². The molecule has 0 aliphatic carbocycles. The van der Waals surface area contributed by atoms with Crippen molar-refractivity contribution in [2.24, 2.45) is 0 Å². The van der Waals surface area contributed by atoms with Crippen molar-refractivity contribution in [3.8, 4) is 5.75 Å². The zero-order valence-electron chi connectivity index (χ0n) is 16.9. The van der Waals surface area contributed by atoms with Gasteiger partial charge in [-0.25, -0.2) is 0 Å². The van der Waals surface area contributed by atoms with Crippen LogP contribution in [0.15, 0.2) is 42.5 Å².